The molecule has 0 unspecified atom stereocenters. The van der Waals surface area contributed by atoms with Gasteiger partial charge in [-0.2, -0.15) is 4.39 Å². The number of ether oxygens (including phenoxy) is 1. The van der Waals surface area contributed by atoms with Crippen LogP contribution in [-0.4, -0.2) is 23.2 Å². The van der Waals surface area contributed by atoms with Crippen molar-refractivity contribution in [2.75, 3.05) is 6.54 Å². The highest BCUT2D eigenvalue weighted by atomic mass is 19.1. The SMILES string of the molecule is Cc1cc([N+](=O)[O-])c(F)cc1C=CCNC(=O)OC(C)(C)C. The number of carbonyl (C=O) groups is 1. The molecule has 1 aromatic rings. The molecule has 0 heterocycles. The summed E-state index contributed by atoms with van der Waals surface area (Å²) in [5.41, 5.74) is -0.0523. The van der Waals surface area contributed by atoms with Gasteiger partial charge in [0.2, 0.25) is 5.82 Å². The Hall–Kier alpha value is -2.44. The van der Waals surface area contributed by atoms with Crippen molar-refractivity contribution in [1.82, 2.24) is 5.32 Å². The normalized spacial score (nSPS) is 11.5. The van der Waals surface area contributed by atoms with Crippen molar-refractivity contribution in [1.29, 1.82) is 0 Å². The van der Waals surface area contributed by atoms with Crippen LogP contribution in [0.1, 0.15) is 31.9 Å². The highest BCUT2D eigenvalue weighted by Crippen LogP contribution is 2.22. The number of hydrogen-bond acceptors (Lipinski definition) is 4. The molecule has 0 radical (unpaired) electrons. The number of halogens is 1. The Labute approximate surface area is 128 Å². The fraction of sp³-hybridized carbons (Fsp3) is 0.400. The maximum absolute atomic E-state index is 13.5. The Morgan fingerprint density at radius 1 is 1.45 bits per heavy atom. The molecule has 0 saturated carbocycles. The Morgan fingerprint density at radius 3 is 2.64 bits per heavy atom. The van der Waals surface area contributed by atoms with Gasteiger partial charge in [-0.1, -0.05) is 12.2 Å². The standard InChI is InChI=1S/C15H19FN2O4/c1-10-8-13(18(20)21)12(16)9-11(10)6-5-7-17-14(19)22-15(2,3)4/h5-6,8-9H,7H2,1-4H3,(H,17,19). The molecule has 0 atom stereocenters. The Bertz CT molecular complexity index is 606. The number of aryl methyl sites for hydroxylation is 1. The number of alkyl carbamates (subject to hydrolysis) is 1. The molecule has 0 fully saturated rings. The number of hydrogen-bond donors (Lipinski definition) is 1. The first-order valence-corrected chi connectivity index (χ1v) is 6.68. The predicted molar refractivity (Wildman–Crippen MR) is 81.1 cm³/mol. The number of nitrogens with one attached hydrogen (secondary N) is 1. The molecule has 1 aromatic carbocycles. The summed E-state index contributed by atoms with van der Waals surface area (Å²) in [5.74, 6) is -0.893. The maximum Gasteiger partial charge on any atom is 0.407 e. The quantitative estimate of drug-likeness (QED) is 0.680. The second-order valence-corrected chi connectivity index (χ2v) is 5.70. The fourth-order valence-electron chi connectivity index (χ4n) is 1.64. The molecule has 1 rings (SSSR count). The molecule has 0 saturated heterocycles. The lowest BCUT2D eigenvalue weighted by Crippen LogP contribution is -2.32. The topological polar surface area (TPSA) is 81.5 Å². The highest BCUT2D eigenvalue weighted by Gasteiger charge is 2.16. The predicted octanol–water partition coefficient (Wildman–Crippen LogP) is 3.58. The number of nitro benzene ring substituents is 1. The summed E-state index contributed by atoms with van der Waals surface area (Å²) in [4.78, 5) is 21.3. The lowest BCUT2D eigenvalue weighted by molar-refractivity contribution is -0.387. The van der Waals surface area contributed by atoms with Crippen molar-refractivity contribution in [2.24, 2.45) is 0 Å². The molecule has 120 valence electrons. The van der Waals surface area contributed by atoms with Crippen molar-refractivity contribution in [3.63, 3.8) is 0 Å². The summed E-state index contributed by atoms with van der Waals surface area (Å²) in [6, 6.07) is 2.27. The van der Waals surface area contributed by atoms with Crippen LogP contribution in [0, 0.1) is 22.9 Å². The Balaban J connectivity index is 2.66. The van der Waals surface area contributed by atoms with Crippen molar-refractivity contribution in [3.05, 3.63) is 45.3 Å². The van der Waals surface area contributed by atoms with E-state index in [4.69, 9.17) is 4.74 Å². The molecular weight excluding hydrogens is 291 g/mol. The summed E-state index contributed by atoms with van der Waals surface area (Å²) in [6.45, 7) is 7.11. The van der Waals surface area contributed by atoms with Gasteiger partial charge in [0.25, 0.3) is 0 Å². The van der Waals surface area contributed by atoms with Gasteiger partial charge in [-0.25, -0.2) is 4.79 Å². The van der Waals surface area contributed by atoms with E-state index < -0.39 is 28.1 Å². The van der Waals surface area contributed by atoms with E-state index in [9.17, 15) is 19.3 Å². The Kier molecular flexibility index (Phi) is 5.62. The van der Waals surface area contributed by atoms with Gasteiger partial charge in [-0.3, -0.25) is 10.1 Å². The molecule has 0 bridgehead atoms. The minimum Gasteiger partial charge on any atom is -0.444 e. The van der Waals surface area contributed by atoms with Crippen molar-refractivity contribution < 1.29 is 18.8 Å². The van der Waals surface area contributed by atoms with Crippen LogP contribution in [0.4, 0.5) is 14.9 Å². The summed E-state index contributed by atoms with van der Waals surface area (Å²) in [6.07, 6.45) is 2.64. The third kappa shape index (κ3) is 5.51. The number of amides is 1. The van der Waals surface area contributed by atoms with E-state index in [-0.39, 0.29) is 6.54 Å². The average Bonchev–Trinajstić information content (AvgIpc) is 2.35. The molecule has 0 aliphatic rings. The summed E-state index contributed by atoms with van der Waals surface area (Å²) < 4.78 is 18.6. The van der Waals surface area contributed by atoms with E-state index in [1.807, 2.05) is 0 Å². The third-order valence-corrected chi connectivity index (χ3v) is 2.59. The van der Waals surface area contributed by atoms with Crippen molar-refractivity contribution >= 4 is 17.9 Å². The molecule has 6 nitrogen and oxygen atoms in total. The van der Waals surface area contributed by atoms with Crippen LogP contribution in [0.3, 0.4) is 0 Å². The summed E-state index contributed by atoms with van der Waals surface area (Å²) in [7, 11) is 0. The zero-order valence-electron chi connectivity index (χ0n) is 13.0. The van der Waals surface area contributed by atoms with E-state index in [0.717, 1.165) is 6.07 Å². The van der Waals surface area contributed by atoms with Gasteiger partial charge in [-0.15, -0.1) is 0 Å². The number of rotatable bonds is 4. The average molecular weight is 310 g/mol. The second kappa shape index (κ2) is 7.02. The minimum absolute atomic E-state index is 0.201. The lowest BCUT2D eigenvalue weighted by atomic mass is 10.1. The summed E-state index contributed by atoms with van der Waals surface area (Å²) in [5, 5.41) is 13.1. The molecule has 1 amide bonds. The summed E-state index contributed by atoms with van der Waals surface area (Å²) >= 11 is 0. The molecule has 22 heavy (non-hydrogen) atoms. The smallest absolute Gasteiger partial charge is 0.407 e. The molecule has 0 aromatic heterocycles. The van der Waals surface area contributed by atoms with Crippen molar-refractivity contribution in [2.45, 2.75) is 33.3 Å². The number of benzene rings is 1. The van der Waals surface area contributed by atoms with Crippen LogP contribution in [0.25, 0.3) is 6.08 Å². The van der Waals surface area contributed by atoms with Crippen LogP contribution in [0.2, 0.25) is 0 Å². The Morgan fingerprint density at radius 2 is 2.09 bits per heavy atom. The van der Waals surface area contributed by atoms with E-state index >= 15 is 0 Å². The van der Waals surface area contributed by atoms with Crippen LogP contribution in [0.5, 0.6) is 0 Å². The van der Waals surface area contributed by atoms with E-state index in [0.29, 0.717) is 11.1 Å². The highest BCUT2D eigenvalue weighted by molar-refractivity contribution is 5.68. The molecule has 0 aliphatic carbocycles. The monoisotopic (exact) mass is 310 g/mol. The second-order valence-electron chi connectivity index (χ2n) is 5.70. The number of nitrogens with zero attached hydrogens (tertiary/aromatic N) is 1. The third-order valence-electron chi connectivity index (χ3n) is 2.59. The number of nitro groups is 1. The van der Waals surface area contributed by atoms with Gasteiger partial charge >= 0.3 is 11.8 Å². The van der Waals surface area contributed by atoms with Gasteiger partial charge in [-0.05, 0) is 44.9 Å². The molecule has 1 N–H and O–H groups in total. The van der Waals surface area contributed by atoms with E-state index in [2.05, 4.69) is 5.32 Å². The van der Waals surface area contributed by atoms with Crippen LogP contribution >= 0.6 is 0 Å². The van der Waals surface area contributed by atoms with Gasteiger partial charge in [0.1, 0.15) is 5.60 Å². The van der Waals surface area contributed by atoms with Crippen molar-refractivity contribution in [3.8, 4) is 0 Å². The molecular formula is C15H19FN2O4. The van der Waals surface area contributed by atoms with Gasteiger partial charge in [0.05, 0.1) is 4.92 Å². The zero-order valence-corrected chi connectivity index (χ0v) is 13.0. The zero-order chi connectivity index (χ0) is 16.9. The molecule has 0 aliphatic heterocycles. The largest absolute Gasteiger partial charge is 0.444 e. The minimum atomic E-state index is -0.893. The van der Waals surface area contributed by atoms with Gasteiger partial charge in [0, 0.05) is 12.6 Å². The first-order chi connectivity index (χ1) is 10.1. The van der Waals surface area contributed by atoms with Crippen LogP contribution < -0.4 is 5.32 Å². The maximum atomic E-state index is 13.5. The molecule has 7 heteroatoms. The van der Waals surface area contributed by atoms with E-state index in [1.165, 1.54) is 6.07 Å². The van der Waals surface area contributed by atoms with E-state index in [1.54, 1.807) is 39.8 Å². The van der Waals surface area contributed by atoms with Gasteiger partial charge < -0.3 is 10.1 Å². The van der Waals surface area contributed by atoms with Crippen LogP contribution in [0.15, 0.2) is 18.2 Å². The van der Waals surface area contributed by atoms with Gasteiger partial charge in [0.15, 0.2) is 0 Å². The first-order valence-electron chi connectivity index (χ1n) is 6.68. The molecule has 0 spiro atoms. The lowest BCUT2D eigenvalue weighted by Gasteiger charge is -2.19. The first kappa shape index (κ1) is 17.6. The fourth-order valence-corrected chi connectivity index (χ4v) is 1.64. The number of carbonyl (C=O) groups excluding carboxylic acids is 1. The van der Waals surface area contributed by atoms with Crippen LogP contribution in [-0.2, 0) is 4.74 Å².